The van der Waals surface area contributed by atoms with E-state index in [0.717, 1.165) is 4.88 Å². The molecule has 2 unspecified atom stereocenters. The number of carbonyl (C=O) groups excluding carboxylic acids is 1. The van der Waals surface area contributed by atoms with Gasteiger partial charge < -0.3 is 10.4 Å². The summed E-state index contributed by atoms with van der Waals surface area (Å²) < 4.78 is 0. The lowest BCUT2D eigenvalue weighted by molar-refractivity contribution is -0.138. The van der Waals surface area contributed by atoms with E-state index in [1.54, 1.807) is 24.3 Å². The second kappa shape index (κ2) is 7.04. The standard InChI is InChI=1S/C16H17NO3S/c1-11(14-8-5-9-21-14)15(18)17-10-13(16(19)20)12-6-3-2-4-7-12/h2-9,11,13H,10H2,1H3,(H,17,18)(H,19,20). The molecule has 2 rings (SSSR count). The van der Waals surface area contributed by atoms with Crippen LogP contribution in [0, 0.1) is 0 Å². The first-order valence-corrected chi connectivity index (χ1v) is 7.56. The molecule has 0 aliphatic rings. The molecule has 1 aromatic heterocycles. The molecular formula is C16H17NO3S. The number of carboxylic acids is 1. The molecule has 0 aliphatic carbocycles. The fourth-order valence-electron chi connectivity index (χ4n) is 2.06. The Kier molecular flexibility index (Phi) is 5.11. The van der Waals surface area contributed by atoms with E-state index in [1.165, 1.54) is 11.3 Å². The van der Waals surface area contributed by atoms with Gasteiger partial charge in [0.25, 0.3) is 0 Å². The smallest absolute Gasteiger partial charge is 0.312 e. The van der Waals surface area contributed by atoms with Gasteiger partial charge in [0.2, 0.25) is 5.91 Å². The van der Waals surface area contributed by atoms with E-state index in [1.807, 2.05) is 30.5 Å². The normalized spacial score (nSPS) is 13.4. The maximum atomic E-state index is 12.1. The first-order valence-electron chi connectivity index (χ1n) is 6.68. The third kappa shape index (κ3) is 3.92. The van der Waals surface area contributed by atoms with E-state index >= 15 is 0 Å². The number of carboxylic acid groups (broad SMARTS) is 1. The number of hydrogen-bond donors (Lipinski definition) is 2. The van der Waals surface area contributed by atoms with Gasteiger partial charge in [-0.25, -0.2) is 0 Å². The molecule has 2 N–H and O–H groups in total. The zero-order valence-corrected chi connectivity index (χ0v) is 12.5. The Morgan fingerprint density at radius 2 is 1.90 bits per heavy atom. The van der Waals surface area contributed by atoms with Crippen molar-refractivity contribution in [1.82, 2.24) is 5.32 Å². The largest absolute Gasteiger partial charge is 0.481 e. The second-order valence-electron chi connectivity index (χ2n) is 4.78. The zero-order valence-electron chi connectivity index (χ0n) is 11.7. The van der Waals surface area contributed by atoms with Crippen molar-refractivity contribution in [2.24, 2.45) is 0 Å². The molecular weight excluding hydrogens is 286 g/mol. The van der Waals surface area contributed by atoms with Crippen LogP contribution in [0.15, 0.2) is 47.8 Å². The first kappa shape index (κ1) is 15.3. The highest BCUT2D eigenvalue weighted by Gasteiger charge is 2.22. The Morgan fingerprint density at radius 1 is 1.19 bits per heavy atom. The summed E-state index contributed by atoms with van der Waals surface area (Å²) in [7, 11) is 0. The summed E-state index contributed by atoms with van der Waals surface area (Å²) in [4.78, 5) is 24.4. The molecule has 0 fully saturated rings. The van der Waals surface area contributed by atoms with Crippen molar-refractivity contribution in [3.05, 3.63) is 58.3 Å². The molecule has 0 aliphatic heterocycles. The van der Waals surface area contributed by atoms with Gasteiger partial charge in [-0.1, -0.05) is 36.4 Å². The highest BCUT2D eigenvalue weighted by molar-refractivity contribution is 7.10. The van der Waals surface area contributed by atoms with Crippen LogP contribution in [0.3, 0.4) is 0 Å². The molecule has 110 valence electrons. The van der Waals surface area contributed by atoms with Crippen molar-refractivity contribution < 1.29 is 14.7 Å². The van der Waals surface area contributed by atoms with E-state index in [9.17, 15) is 14.7 Å². The lowest BCUT2D eigenvalue weighted by Gasteiger charge is -2.16. The Hall–Kier alpha value is -2.14. The minimum Gasteiger partial charge on any atom is -0.481 e. The summed E-state index contributed by atoms with van der Waals surface area (Å²) in [5, 5.41) is 14.0. The van der Waals surface area contributed by atoms with Crippen LogP contribution in [-0.4, -0.2) is 23.5 Å². The van der Waals surface area contributed by atoms with Gasteiger partial charge in [0.15, 0.2) is 0 Å². The molecule has 4 nitrogen and oxygen atoms in total. The Bertz CT molecular complexity index is 595. The van der Waals surface area contributed by atoms with Crippen LogP contribution in [0.1, 0.15) is 29.2 Å². The maximum Gasteiger partial charge on any atom is 0.312 e. The van der Waals surface area contributed by atoms with Crippen molar-refractivity contribution in [2.45, 2.75) is 18.8 Å². The number of thiophene rings is 1. The molecule has 2 aromatic rings. The molecule has 0 saturated carbocycles. The van der Waals surface area contributed by atoms with Crippen molar-refractivity contribution >= 4 is 23.2 Å². The zero-order chi connectivity index (χ0) is 15.2. The van der Waals surface area contributed by atoms with E-state index in [4.69, 9.17) is 0 Å². The number of nitrogens with one attached hydrogen (secondary N) is 1. The molecule has 21 heavy (non-hydrogen) atoms. The lowest BCUT2D eigenvalue weighted by atomic mass is 9.99. The molecule has 0 bridgehead atoms. The summed E-state index contributed by atoms with van der Waals surface area (Å²) >= 11 is 1.52. The number of hydrogen-bond acceptors (Lipinski definition) is 3. The van der Waals surface area contributed by atoms with E-state index in [0.29, 0.717) is 5.56 Å². The topological polar surface area (TPSA) is 66.4 Å². The summed E-state index contributed by atoms with van der Waals surface area (Å²) in [6, 6.07) is 12.7. The average Bonchev–Trinajstić information content (AvgIpc) is 3.01. The first-order chi connectivity index (χ1) is 10.1. The van der Waals surface area contributed by atoms with Gasteiger partial charge in [0, 0.05) is 11.4 Å². The molecule has 5 heteroatoms. The van der Waals surface area contributed by atoms with E-state index in [2.05, 4.69) is 5.32 Å². The van der Waals surface area contributed by atoms with Crippen LogP contribution in [0.4, 0.5) is 0 Å². The van der Waals surface area contributed by atoms with Gasteiger partial charge in [0.05, 0.1) is 11.8 Å². The van der Waals surface area contributed by atoms with Gasteiger partial charge in [-0.2, -0.15) is 0 Å². The van der Waals surface area contributed by atoms with Gasteiger partial charge in [-0.3, -0.25) is 9.59 Å². The number of rotatable bonds is 6. The monoisotopic (exact) mass is 303 g/mol. The van der Waals surface area contributed by atoms with Crippen LogP contribution in [0.2, 0.25) is 0 Å². The molecule has 0 saturated heterocycles. The SMILES string of the molecule is CC(C(=O)NCC(C(=O)O)c1ccccc1)c1cccs1. The van der Waals surface area contributed by atoms with Gasteiger partial charge in [-0.05, 0) is 23.9 Å². The van der Waals surface area contributed by atoms with Gasteiger partial charge >= 0.3 is 5.97 Å². The van der Waals surface area contributed by atoms with Gasteiger partial charge in [0.1, 0.15) is 0 Å². The third-order valence-electron chi connectivity index (χ3n) is 3.34. The third-order valence-corrected chi connectivity index (χ3v) is 4.40. The highest BCUT2D eigenvalue weighted by atomic mass is 32.1. The van der Waals surface area contributed by atoms with Crippen molar-refractivity contribution in [2.75, 3.05) is 6.54 Å². The number of benzene rings is 1. The molecule has 2 atom stereocenters. The fraction of sp³-hybridized carbons (Fsp3) is 0.250. The number of amides is 1. The Labute approximate surface area is 127 Å². The fourth-order valence-corrected chi connectivity index (χ4v) is 2.84. The Morgan fingerprint density at radius 3 is 2.48 bits per heavy atom. The number of carbonyl (C=O) groups is 2. The molecule has 0 radical (unpaired) electrons. The highest BCUT2D eigenvalue weighted by Crippen LogP contribution is 2.21. The molecule has 1 heterocycles. The predicted octanol–water partition coefficient (Wildman–Crippen LogP) is 2.84. The minimum absolute atomic E-state index is 0.0912. The van der Waals surface area contributed by atoms with Crippen molar-refractivity contribution in [3.8, 4) is 0 Å². The molecule has 1 aromatic carbocycles. The van der Waals surface area contributed by atoms with Crippen LogP contribution < -0.4 is 5.32 Å². The summed E-state index contributed by atoms with van der Waals surface area (Å²) in [6.07, 6.45) is 0. The second-order valence-corrected chi connectivity index (χ2v) is 5.76. The summed E-state index contributed by atoms with van der Waals surface area (Å²) in [6.45, 7) is 1.91. The minimum atomic E-state index is -0.940. The van der Waals surface area contributed by atoms with E-state index < -0.39 is 11.9 Å². The number of aliphatic carboxylic acids is 1. The van der Waals surface area contributed by atoms with E-state index in [-0.39, 0.29) is 18.4 Å². The van der Waals surface area contributed by atoms with Crippen LogP contribution in [0.5, 0.6) is 0 Å². The maximum absolute atomic E-state index is 12.1. The molecule has 1 amide bonds. The lowest BCUT2D eigenvalue weighted by Crippen LogP contribution is -2.34. The van der Waals surface area contributed by atoms with Gasteiger partial charge in [-0.15, -0.1) is 11.3 Å². The summed E-state index contributed by atoms with van der Waals surface area (Å²) in [5.74, 6) is -2.09. The predicted molar refractivity (Wildman–Crippen MR) is 82.6 cm³/mol. The Balaban J connectivity index is 1.99. The quantitative estimate of drug-likeness (QED) is 0.862. The van der Waals surface area contributed by atoms with Crippen molar-refractivity contribution in [1.29, 1.82) is 0 Å². The molecule has 0 spiro atoms. The average molecular weight is 303 g/mol. The van der Waals surface area contributed by atoms with Crippen LogP contribution >= 0.6 is 11.3 Å². The van der Waals surface area contributed by atoms with Crippen LogP contribution in [0.25, 0.3) is 0 Å². The summed E-state index contributed by atoms with van der Waals surface area (Å²) in [5.41, 5.74) is 0.689. The van der Waals surface area contributed by atoms with Crippen molar-refractivity contribution in [3.63, 3.8) is 0 Å². The van der Waals surface area contributed by atoms with Crippen LogP contribution in [-0.2, 0) is 9.59 Å².